The Kier molecular flexibility index (Phi) is 7.11. The molecule has 2 nitrogen and oxygen atoms in total. The van der Waals surface area contributed by atoms with Crippen LogP contribution in [-0.4, -0.2) is 0 Å². The number of fused-ring (bicyclic) bond motifs is 10. The molecule has 0 amide bonds. The van der Waals surface area contributed by atoms with Crippen molar-refractivity contribution in [3.8, 4) is 44.9 Å². The molecule has 0 N–H and O–H groups in total. The van der Waals surface area contributed by atoms with Crippen LogP contribution in [0.3, 0.4) is 0 Å². The molecule has 2 aliphatic rings. The predicted molar refractivity (Wildman–Crippen MR) is 227 cm³/mol. The average Bonchev–Trinajstić information content (AvgIpc) is 3.54. The first-order valence-electron chi connectivity index (χ1n) is 18.9. The molecule has 9 aromatic carbocycles. The summed E-state index contributed by atoms with van der Waals surface area (Å²) in [5.74, 6) is 1.75. The van der Waals surface area contributed by atoms with Crippen LogP contribution in [0.5, 0.6) is 11.5 Å². The largest absolute Gasteiger partial charge is 0.457 e. The molecular weight excluding hydrogens is 667 g/mol. The highest BCUT2D eigenvalue weighted by Gasteiger charge is 2.51. The van der Waals surface area contributed by atoms with Gasteiger partial charge in [-0.25, -0.2) is 0 Å². The monoisotopic (exact) mass is 701 g/mol. The number of nitrogens with zero attached hydrogens (tertiary/aromatic N) is 1. The molecule has 11 rings (SSSR count). The zero-order valence-corrected chi connectivity index (χ0v) is 30.1. The van der Waals surface area contributed by atoms with Crippen LogP contribution in [0, 0.1) is 0 Å². The lowest BCUT2D eigenvalue weighted by atomic mass is 9.65. The van der Waals surface area contributed by atoms with Crippen LogP contribution >= 0.6 is 0 Å². The van der Waals surface area contributed by atoms with Crippen molar-refractivity contribution < 1.29 is 4.74 Å². The van der Waals surface area contributed by atoms with E-state index in [9.17, 15) is 0 Å². The first-order chi connectivity index (χ1) is 27.3. The third-order valence-corrected chi connectivity index (χ3v) is 11.5. The summed E-state index contributed by atoms with van der Waals surface area (Å²) in [5, 5.41) is 2.43. The smallest absolute Gasteiger partial charge is 0.132 e. The number of rotatable bonds is 5. The molecule has 1 aliphatic heterocycles. The first-order valence-corrected chi connectivity index (χ1v) is 18.9. The van der Waals surface area contributed by atoms with Crippen molar-refractivity contribution in [1.29, 1.82) is 0 Å². The van der Waals surface area contributed by atoms with E-state index in [1.807, 2.05) is 0 Å². The summed E-state index contributed by atoms with van der Waals surface area (Å²) >= 11 is 0. The maximum absolute atomic E-state index is 6.92. The van der Waals surface area contributed by atoms with Crippen LogP contribution < -0.4 is 9.64 Å². The Bertz CT molecular complexity index is 2810. The zero-order valence-electron chi connectivity index (χ0n) is 30.1. The minimum absolute atomic E-state index is 0.661. The summed E-state index contributed by atoms with van der Waals surface area (Å²) in [6.07, 6.45) is 0. The van der Waals surface area contributed by atoms with Crippen LogP contribution in [0.25, 0.3) is 44.2 Å². The SMILES string of the molecule is c1ccc(-c2ccc3c(c2)C2(c4cc(-c5ccccc5)ccc4O3)c3ccccc3-c3ccc(N(c4ccccc4)c4ccc5ccccc5c4)cc32)cc1. The quantitative estimate of drug-likeness (QED) is 0.177. The lowest BCUT2D eigenvalue weighted by molar-refractivity contribution is 0.436. The molecular formula is C53H35NO. The molecule has 0 saturated heterocycles. The number of ether oxygens (including phenoxy) is 1. The molecule has 0 atom stereocenters. The second-order valence-electron chi connectivity index (χ2n) is 14.5. The second-order valence-corrected chi connectivity index (χ2v) is 14.5. The van der Waals surface area contributed by atoms with E-state index in [0.29, 0.717) is 0 Å². The topological polar surface area (TPSA) is 12.5 Å². The van der Waals surface area contributed by atoms with Gasteiger partial charge in [0.05, 0.1) is 5.41 Å². The van der Waals surface area contributed by atoms with Crippen molar-refractivity contribution in [3.63, 3.8) is 0 Å². The van der Waals surface area contributed by atoms with E-state index in [0.717, 1.165) is 50.8 Å². The maximum Gasteiger partial charge on any atom is 0.132 e. The Hall–Kier alpha value is -7.16. The molecule has 0 aromatic heterocycles. The molecule has 1 spiro atoms. The van der Waals surface area contributed by atoms with Gasteiger partial charge in [0.2, 0.25) is 0 Å². The molecule has 9 aromatic rings. The van der Waals surface area contributed by atoms with Gasteiger partial charge in [-0.3, -0.25) is 0 Å². The number of benzene rings is 9. The minimum Gasteiger partial charge on any atom is -0.457 e. The fraction of sp³-hybridized carbons (Fsp3) is 0.0189. The van der Waals surface area contributed by atoms with Crippen LogP contribution in [0.1, 0.15) is 22.3 Å². The van der Waals surface area contributed by atoms with E-state index >= 15 is 0 Å². The number of para-hydroxylation sites is 1. The van der Waals surface area contributed by atoms with Gasteiger partial charge < -0.3 is 9.64 Å². The van der Waals surface area contributed by atoms with Crippen LogP contribution in [-0.2, 0) is 5.41 Å². The lowest BCUT2D eigenvalue weighted by Gasteiger charge is -2.40. The van der Waals surface area contributed by atoms with Crippen molar-refractivity contribution in [3.05, 3.63) is 235 Å². The fourth-order valence-corrected chi connectivity index (χ4v) is 9.03. The summed E-state index contributed by atoms with van der Waals surface area (Å²) in [5.41, 5.74) is 14.6. The molecule has 0 bridgehead atoms. The van der Waals surface area contributed by atoms with E-state index in [2.05, 4.69) is 217 Å². The third-order valence-electron chi connectivity index (χ3n) is 11.5. The first kappa shape index (κ1) is 31.4. The third kappa shape index (κ3) is 4.89. The average molecular weight is 702 g/mol. The summed E-state index contributed by atoms with van der Waals surface area (Å²) in [6.45, 7) is 0. The normalized spacial score (nSPS) is 13.0. The van der Waals surface area contributed by atoms with Gasteiger partial charge in [-0.05, 0) is 116 Å². The maximum atomic E-state index is 6.92. The van der Waals surface area contributed by atoms with E-state index < -0.39 is 5.41 Å². The number of anilines is 3. The zero-order chi connectivity index (χ0) is 36.3. The Morgan fingerprint density at radius 1 is 0.309 bits per heavy atom. The summed E-state index contributed by atoms with van der Waals surface area (Å²) in [6, 6.07) is 77.0. The Labute approximate surface area is 321 Å². The van der Waals surface area contributed by atoms with Crippen LogP contribution in [0.15, 0.2) is 212 Å². The van der Waals surface area contributed by atoms with Gasteiger partial charge >= 0.3 is 0 Å². The molecule has 258 valence electrons. The second kappa shape index (κ2) is 12.5. The predicted octanol–water partition coefficient (Wildman–Crippen LogP) is 14.1. The Morgan fingerprint density at radius 2 is 0.836 bits per heavy atom. The van der Waals surface area contributed by atoms with Crippen molar-refractivity contribution in [2.24, 2.45) is 0 Å². The van der Waals surface area contributed by atoms with Crippen LogP contribution in [0.4, 0.5) is 17.1 Å². The van der Waals surface area contributed by atoms with Gasteiger partial charge in [0.25, 0.3) is 0 Å². The highest BCUT2D eigenvalue weighted by molar-refractivity contribution is 5.94. The van der Waals surface area contributed by atoms with Crippen molar-refractivity contribution in [2.45, 2.75) is 5.41 Å². The van der Waals surface area contributed by atoms with E-state index in [4.69, 9.17) is 4.74 Å². The Balaban J connectivity index is 1.22. The number of hydrogen-bond donors (Lipinski definition) is 0. The molecule has 2 heteroatoms. The summed E-state index contributed by atoms with van der Waals surface area (Å²) in [4.78, 5) is 2.39. The van der Waals surface area contributed by atoms with Crippen molar-refractivity contribution >= 4 is 27.8 Å². The molecule has 1 aliphatic carbocycles. The highest BCUT2D eigenvalue weighted by Crippen LogP contribution is 2.63. The van der Waals surface area contributed by atoms with Gasteiger partial charge in [0, 0.05) is 28.2 Å². The summed E-state index contributed by atoms with van der Waals surface area (Å²) < 4.78 is 6.92. The highest BCUT2D eigenvalue weighted by atomic mass is 16.5. The van der Waals surface area contributed by atoms with Gasteiger partial charge in [0.15, 0.2) is 0 Å². The van der Waals surface area contributed by atoms with E-state index in [1.54, 1.807) is 0 Å². The van der Waals surface area contributed by atoms with E-state index in [1.165, 1.54) is 44.2 Å². The van der Waals surface area contributed by atoms with E-state index in [-0.39, 0.29) is 0 Å². The molecule has 0 saturated carbocycles. The van der Waals surface area contributed by atoms with Gasteiger partial charge in [-0.1, -0.05) is 152 Å². The van der Waals surface area contributed by atoms with Gasteiger partial charge in [0.1, 0.15) is 11.5 Å². The fourth-order valence-electron chi connectivity index (χ4n) is 9.03. The molecule has 0 fully saturated rings. The van der Waals surface area contributed by atoms with Gasteiger partial charge in [-0.15, -0.1) is 0 Å². The molecule has 0 radical (unpaired) electrons. The van der Waals surface area contributed by atoms with Crippen molar-refractivity contribution in [1.82, 2.24) is 0 Å². The lowest BCUT2D eigenvalue weighted by Crippen LogP contribution is -2.32. The molecule has 1 heterocycles. The number of hydrogen-bond acceptors (Lipinski definition) is 2. The minimum atomic E-state index is -0.661. The molecule has 55 heavy (non-hydrogen) atoms. The summed E-state index contributed by atoms with van der Waals surface area (Å²) in [7, 11) is 0. The molecule has 0 unspecified atom stereocenters. The standard InChI is InChI=1S/C53H35NO/c1-4-14-36(15-5-1)40-25-30-51-49(33-40)53(50-34-41(26-31-52(50)55-51)37-16-6-2-7-17-37)47-23-13-12-22-45(47)46-29-28-44(35-48(46)53)54(42-20-8-3-9-21-42)43-27-24-38-18-10-11-19-39(38)32-43/h1-35H. The van der Waals surface area contributed by atoms with Crippen LogP contribution in [0.2, 0.25) is 0 Å². The Morgan fingerprint density at radius 3 is 1.51 bits per heavy atom. The van der Waals surface area contributed by atoms with Crippen molar-refractivity contribution in [2.75, 3.05) is 4.90 Å². The van der Waals surface area contributed by atoms with Gasteiger partial charge in [-0.2, -0.15) is 0 Å².